The summed E-state index contributed by atoms with van der Waals surface area (Å²) in [4.78, 5) is 30.8. The lowest BCUT2D eigenvalue weighted by Crippen LogP contribution is -2.37. The van der Waals surface area contributed by atoms with Gasteiger partial charge in [-0.15, -0.1) is 0 Å². The average molecular weight is 344 g/mol. The van der Waals surface area contributed by atoms with Gasteiger partial charge in [-0.3, -0.25) is 4.79 Å². The summed E-state index contributed by atoms with van der Waals surface area (Å²) in [5, 5.41) is 2.77. The minimum absolute atomic E-state index is 0.148. The fourth-order valence-corrected chi connectivity index (χ4v) is 2.34. The fourth-order valence-electron chi connectivity index (χ4n) is 2.34. The number of amides is 1. The van der Waals surface area contributed by atoms with Gasteiger partial charge < -0.3 is 19.7 Å². The maximum atomic E-state index is 11.9. The van der Waals surface area contributed by atoms with E-state index in [4.69, 9.17) is 9.47 Å². The van der Waals surface area contributed by atoms with E-state index in [-0.39, 0.29) is 18.5 Å². The molecule has 25 heavy (non-hydrogen) atoms. The van der Waals surface area contributed by atoms with Gasteiger partial charge in [-0.2, -0.15) is 0 Å². The topological polar surface area (TPSA) is 102 Å². The first-order valence-corrected chi connectivity index (χ1v) is 8.04. The highest BCUT2D eigenvalue weighted by Crippen LogP contribution is 2.12. The van der Waals surface area contributed by atoms with Crippen molar-refractivity contribution in [2.24, 2.45) is 0 Å². The Balaban J connectivity index is 1.53. The number of nitrogens with one attached hydrogen (secondary N) is 1. The van der Waals surface area contributed by atoms with E-state index in [2.05, 4.69) is 30.2 Å². The molecule has 1 N–H and O–H groups in total. The predicted molar refractivity (Wildman–Crippen MR) is 89.2 cm³/mol. The molecule has 9 heteroatoms. The van der Waals surface area contributed by atoms with Gasteiger partial charge in [0, 0.05) is 31.2 Å². The molecule has 3 heterocycles. The smallest absolute Gasteiger partial charge is 0.316 e. The highest BCUT2D eigenvalue weighted by molar-refractivity contribution is 5.77. The first-order chi connectivity index (χ1) is 12.2. The van der Waals surface area contributed by atoms with E-state index >= 15 is 0 Å². The van der Waals surface area contributed by atoms with Gasteiger partial charge in [-0.05, 0) is 19.1 Å². The second-order valence-corrected chi connectivity index (χ2v) is 5.50. The molecule has 2 aromatic heterocycles. The van der Waals surface area contributed by atoms with Crippen molar-refractivity contribution in [3.05, 3.63) is 35.9 Å². The number of aromatic nitrogens is 4. The number of nitrogens with zero attached hydrogens (tertiary/aromatic N) is 5. The zero-order valence-corrected chi connectivity index (χ0v) is 14.0. The lowest BCUT2D eigenvalue weighted by Gasteiger charge is -2.27. The van der Waals surface area contributed by atoms with Crippen LogP contribution in [0.5, 0.6) is 6.01 Å². The third-order valence-corrected chi connectivity index (χ3v) is 3.53. The number of ether oxygens (including phenoxy) is 2. The Morgan fingerprint density at radius 1 is 1.28 bits per heavy atom. The summed E-state index contributed by atoms with van der Waals surface area (Å²) in [6.07, 6.45) is 3.11. The van der Waals surface area contributed by atoms with Crippen LogP contribution in [0.3, 0.4) is 0 Å². The minimum atomic E-state index is -0.267. The number of anilines is 1. The summed E-state index contributed by atoms with van der Waals surface area (Å²) in [6.45, 7) is 4.93. The molecule has 0 atom stereocenters. The van der Waals surface area contributed by atoms with Gasteiger partial charge >= 0.3 is 6.01 Å². The molecule has 3 rings (SSSR count). The van der Waals surface area contributed by atoms with Crippen molar-refractivity contribution in [3.8, 4) is 6.01 Å². The van der Waals surface area contributed by atoms with Crippen molar-refractivity contribution in [3.63, 3.8) is 0 Å². The molecule has 0 radical (unpaired) electrons. The van der Waals surface area contributed by atoms with E-state index in [0.717, 1.165) is 24.5 Å². The molecule has 1 fully saturated rings. The first-order valence-electron chi connectivity index (χ1n) is 8.04. The van der Waals surface area contributed by atoms with E-state index < -0.39 is 0 Å². The number of carbonyl (C=O) groups is 1. The van der Waals surface area contributed by atoms with Gasteiger partial charge in [0.25, 0.3) is 5.91 Å². The highest BCUT2D eigenvalue weighted by atomic mass is 16.5. The molecule has 0 bridgehead atoms. The van der Waals surface area contributed by atoms with Crippen molar-refractivity contribution in [1.82, 2.24) is 25.3 Å². The first kappa shape index (κ1) is 17.0. The second-order valence-electron chi connectivity index (χ2n) is 5.50. The number of aryl methyl sites for hydroxylation is 1. The van der Waals surface area contributed by atoms with Crippen molar-refractivity contribution in [1.29, 1.82) is 0 Å². The number of hydrogen-bond donors (Lipinski definition) is 1. The summed E-state index contributed by atoms with van der Waals surface area (Å²) in [5.74, 6) is 0.401. The minimum Gasteiger partial charge on any atom is -0.453 e. The molecule has 1 saturated heterocycles. The molecular formula is C16H20N6O3. The molecule has 132 valence electrons. The van der Waals surface area contributed by atoms with Crippen LogP contribution in [-0.2, 0) is 16.1 Å². The molecule has 2 aromatic rings. The quantitative estimate of drug-likeness (QED) is 0.787. The highest BCUT2D eigenvalue weighted by Gasteiger charge is 2.15. The van der Waals surface area contributed by atoms with Gasteiger partial charge in [-0.25, -0.2) is 19.9 Å². The van der Waals surface area contributed by atoms with E-state index in [1.165, 1.54) is 0 Å². The summed E-state index contributed by atoms with van der Waals surface area (Å²) < 4.78 is 10.6. The van der Waals surface area contributed by atoms with Crippen molar-refractivity contribution >= 4 is 11.9 Å². The summed E-state index contributed by atoms with van der Waals surface area (Å²) in [7, 11) is 0. The Kier molecular flexibility index (Phi) is 5.68. The van der Waals surface area contributed by atoms with E-state index in [1.54, 1.807) is 18.5 Å². The van der Waals surface area contributed by atoms with Crippen LogP contribution in [-0.4, -0.2) is 58.8 Å². The van der Waals surface area contributed by atoms with Crippen LogP contribution in [0, 0.1) is 6.92 Å². The van der Waals surface area contributed by atoms with E-state index in [0.29, 0.717) is 25.7 Å². The Morgan fingerprint density at radius 3 is 2.80 bits per heavy atom. The third-order valence-electron chi connectivity index (χ3n) is 3.53. The molecule has 0 saturated carbocycles. The summed E-state index contributed by atoms with van der Waals surface area (Å²) >= 11 is 0. The van der Waals surface area contributed by atoms with Crippen LogP contribution >= 0.6 is 0 Å². The molecular weight excluding hydrogens is 324 g/mol. The van der Waals surface area contributed by atoms with Crippen molar-refractivity contribution in [2.45, 2.75) is 13.5 Å². The van der Waals surface area contributed by atoms with Gasteiger partial charge in [0.2, 0.25) is 5.95 Å². The molecule has 0 spiro atoms. The standard InChI is InChI=1S/C16H20N6O3/c1-12-9-13(21-15(20-12)22-5-7-24-8-6-22)10-19-14(23)11-25-16-17-3-2-4-18-16/h2-4,9H,5-8,10-11H2,1H3,(H,19,23). The van der Waals surface area contributed by atoms with E-state index in [9.17, 15) is 4.79 Å². The maximum absolute atomic E-state index is 11.9. The lowest BCUT2D eigenvalue weighted by molar-refractivity contribution is -0.123. The number of carbonyl (C=O) groups excluding carboxylic acids is 1. The van der Waals surface area contributed by atoms with Crippen molar-refractivity contribution in [2.75, 3.05) is 37.8 Å². The molecule has 0 unspecified atom stereocenters. The van der Waals surface area contributed by atoms with Crippen LogP contribution in [0.1, 0.15) is 11.4 Å². The van der Waals surface area contributed by atoms with Crippen molar-refractivity contribution < 1.29 is 14.3 Å². The Bertz CT molecular complexity index is 706. The second kappa shape index (κ2) is 8.34. The van der Waals surface area contributed by atoms with Gasteiger partial charge in [-0.1, -0.05) is 0 Å². The molecule has 1 amide bonds. The Labute approximate surface area is 145 Å². The van der Waals surface area contributed by atoms with Crippen LogP contribution in [0.4, 0.5) is 5.95 Å². The fraction of sp³-hybridized carbons (Fsp3) is 0.438. The molecule has 1 aliphatic heterocycles. The largest absolute Gasteiger partial charge is 0.453 e. The van der Waals surface area contributed by atoms with Crippen LogP contribution < -0.4 is 15.0 Å². The number of morpholine rings is 1. The summed E-state index contributed by atoms with van der Waals surface area (Å²) in [6, 6.07) is 3.70. The Morgan fingerprint density at radius 2 is 2.04 bits per heavy atom. The third kappa shape index (κ3) is 5.08. The monoisotopic (exact) mass is 344 g/mol. The van der Waals surface area contributed by atoms with Crippen LogP contribution in [0.2, 0.25) is 0 Å². The predicted octanol–water partition coefficient (Wildman–Crippen LogP) is 0.107. The lowest BCUT2D eigenvalue weighted by atomic mass is 10.3. The molecule has 0 aliphatic carbocycles. The van der Waals surface area contributed by atoms with Gasteiger partial charge in [0.15, 0.2) is 6.61 Å². The number of hydrogen-bond acceptors (Lipinski definition) is 8. The van der Waals surface area contributed by atoms with Crippen LogP contribution in [0.25, 0.3) is 0 Å². The normalized spacial score (nSPS) is 14.2. The van der Waals surface area contributed by atoms with E-state index in [1.807, 2.05) is 13.0 Å². The van der Waals surface area contributed by atoms with Gasteiger partial charge in [0.1, 0.15) is 0 Å². The molecule has 0 aromatic carbocycles. The number of rotatable bonds is 6. The SMILES string of the molecule is Cc1cc(CNC(=O)COc2ncccn2)nc(N2CCOCC2)n1. The van der Waals surface area contributed by atoms with Gasteiger partial charge in [0.05, 0.1) is 25.5 Å². The molecule has 1 aliphatic rings. The zero-order valence-electron chi connectivity index (χ0n) is 14.0. The van der Waals surface area contributed by atoms with Crippen LogP contribution in [0.15, 0.2) is 24.5 Å². The zero-order chi connectivity index (χ0) is 17.5. The average Bonchev–Trinajstić information content (AvgIpc) is 2.66. The molecule has 9 nitrogen and oxygen atoms in total. The summed E-state index contributed by atoms with van der Waals surface area (Å²) in [5.41, 5.74) is 1.60. The Hall–Kier alpha value is -2.81. The maximum Gasteiger partial charge on any atom is 0.316 e.